The molecule has 3 N–H and O–H groups in total. The number of hydrogen-bond acceptors (Lipinski definition) is 5. The summed E-state index contributed by atoms with van der Waals surface area (Å²) in [6, 6.07) is -0.553. The van der Waals surface area contributed by atoms with Crippen molar-refractivity contribution in [3.63, 3.8) is 0 Å². The quantitative estimate of drug-likeness (QED) is 0.0321. The smallest absolute Gasteiger partial charge is 0.305 e. The number of nitrogens with one attached hydrogen (secondary N) is 1. The summed E-state index contributed by atoms with van der Waals surface area (Å²) in [6.07, 6.45) is 67.8. The number of aliphatic hydroxyl groups excluding tert-OH is 2. The Balaban J connectivity index is 3.46. The average Bonchev–Trinajstić information content (AvgIpc) is 3.33. The van der Waals surface area contributed by atoms with Gasteiger partial charge in [-0.1, -0.05) is 289 Å². The van der Waals surface area contributed by atoms with Gasteiger partial charge in [-0.25, -0.2) is 0 Å². The monoisotopic (exact) mass is 946 g/mol. The van der Waals surface area contributed by atoms with Gasteiger partial charge in [-0.15, -0.1) is 0 Å². The van der Waals surface area contributed by atoms with Gasteiger partial charge in [0.05, 0.1) is 25.4 Å². The van der Waals surface area contributed by atoms with E-state index in [0.717, 1.165) is 70.6 Å². The fourth-order valence-corrected chi connectivity index (χ4v) is 9.64. The van der Waals surface area contributed by atoms with E-state index in [-0.39, 0.29) is 18.5 Å². The van der Waals surface area contributed by atoms with Gasteiger partial charge in [0.25, 0.3) is 0 Å². The van der Waals surface area contributed by atoms with Crippen LogP contribution >= 0.6 is 0 Å². The largest absolute Gasteiger partial charge is 0.466 e. The maximum atomic E-state index is 12.5. The number of hydrogen-bond donors (Lipinski definition) is 3. The van der Waals surface area contributed by atoms with E-state index in [0.29, 0.717) is 25.9 Å². The van der Waals surface area contributed by atoms with Crippen LogP contribution in [0.5, 0.6) is 0 Å². The minimum atomic E-state index is -0.674. The van der Waals surface area contributed by atoms with Crippen molar-refractivity contribution in [2.24, 2.45) is 0 Å². The zero-order chi connectivity index (χ0) is 48.6. The molecule has 0 saturated carbocycles. The average molecular weight is 947 g/mol. The first-order chi connectivity index (χ1) is 33.0. The van der Waals surface area contributed by atoms with E-state index in [1.165, 1.54) is 238 Å². The number of carbonyl (C=O) groups excluding carboxylic acids is 2. The van der Waals surface area contributed by atoms with Crippen LogP contribution in [0, 0.1) is 0 Å². The summed E-state index contributed by atoms with van der Waals surface area (Å²) in [7, 11) is 0. The lowest BCUT2D eigenvalue weighted by molar-refractivity contribution is -0.143. The number of ether oxygens (including phenoxy) is 1. The second kappa shape index (κ2) is 57.2. The van der Waals surface area contributed by atoms with Gasteiger partial charge in [0.2, 0.25) is 5.91 Å². The third-order valence-electron chi connectivity index (χ3n) is 14.3. The molecule has 0 aromatic heterocycles. The Labute approximate surface area is 419 Å². The Morgan fingerprint density at radius 2 is 0.701 bits per heavy atom. The van der Waals surface area contributed by atoms with E-state index in [4.69, 9.17) is 4.74 Å². The molecule has 0 fully saturated rings. The van der Waals surface area contributed by atoms with Gasteiger partial charge in [0, 0.05) is 12.8 Å². The van der Waals surface area contributed by atoms with Crippen LogP contribution in [0.3, 0.4) is 0 Å². The highest BCUT2D eigenvalue weighted by Crippen LogP contribution is 2.18. The third kappa shape index (κ3) is 53.8. The van der Waals surface area contributed by atoms with Gasteiger partial charge in [-0.2, -0.15) is 0 Å². The fraction of sp³-hybridized carbons (Fsp3) is 0.934. The molecule has 0 bridgehead atoms. The molecule has 0 aromatic carbocycles. The normalized spacial score (nSPS) is 12.6. The van der Waals surface area contributed by atoms with Crippen molar-refractivity contribution in [1.82, 2.24) is 5.32 Å². The Kier molecular flexibility index (Phi) is 56.0. The number of esters is 1. The third-order valence-corrected chi connectivity index (χ3v) is 14.3. The van der Waals surface area contributed by atoms with Crippen LogP contribution in [0.1, 0.15) is 341 Å². The molecule has 2 unspecified atom stereocenters. The maximum Gasteiger partial charge on any atom is 0.305 e. The van der Waals surface area contributed by atoms with Crippen LogP contribution < -0.4 is 5.32 Å². The van der Waals surface area contributed by atoms with Crippen LogP contribution in [0.25, 0.3) is 0 Å². The van der Waals surface area contributed by atoms with Gasteiger partial charge < -0.3 is 20.3 Å². The molecule has 398 valence electrons. The van der Waals surface area contributed by atoms with E-state index in [9.17, 15) is 19.8 Å². The Bertz CT molecular complexity index is 1000. The van der Waals surface area contributed by atoms with Crippen LogP contribution in [-0.2, 0) is 14.3 Å². The molecule has 0 aliphatic carbocycles. The molecule has 2 atom stereocenters. The molecular formula is C61H119NO5. The van der Waals surface area contributed by atoms with Crippen LogP contribution in [0.4, 0.5) is 0 Å². The number of rotatable bonds is 57. The van der Waals surface area contributed by atoms with Crippen LogP contribution in [0.15, 0.2) is 12.2 Å². The van der Waals surface area contributed by atoms with Crippen LogP contribution in [0.2, 0.25) is 0 Å². The van der Waals surface area contributed by atoms with Gasteiger partial charge in [-0.05, 0) is 51.4 Å². The summed E-state index contributed by atoms with van der Waals surface area (Å²) < 4.78 is 5.45. The van der Waals surface area contributed by atoms with Crippen molar-refractivity contribution in [3.05, 3.63) is 12.2 Å². The van der Waals surface area contributed by atoms with Gasteiger partial charge in [-0.3, -0.25) is 9.59 Å². The van der Waals surface area contributed by atoms with Gasteiger partial charge in [0.1, 0.15) is 0 Å². The minimum absolute atomic E-state index is 0.00834. The zero-order valence-corrected chi connectivity index (χ0v) is 45.4. The standard InChI is InChI=1S/C61H119NO5/c1-3-5-7-9-11-13-15-17-18-19-20-21-22-23-24-25-27-30-33-37-41-45-49-53-59(64)58(57-63)62-60(65)54-50-46-42-38-34-31-28-26-29-32-36-40-44-48-52-56-67-61(66)55-51-47-43-39-35-16-14-12-10-8-6-4-2/h29,32,58-59,63-64H,3-28,30-31,33-57H2,1-2H3,(H,62,65)/b32-29-. The molecule has 1 amide bonds. The van der Waals surface area contributed by atoms with E-state index >= 15 is 0 Å². The summed E-state index contributed by atoms with van der Waals surface area (Å²) >= 11 is 0. The summed E-state index contributed by atoms with van der Waals surface area (Å²) in [5.41, 5.74) is 0. The molecule has 0 aliphatic heterocycles. The molecule has 0 aromatic rings. The predicted octanol–water partition coefficient (Wildman–Crippen LogP) is 18.9. The molecule has 67 heavy (non-hydrogen) atoms. The SMILES string of the molecule is CCCCCCCCCCCCCCCCCCCCCCCCCC(O)C(CO)NC(=O)CCCCCCCCC/C=C\CCCCCCOC(=O)CCCCCCCCCCCCCC. The Morgan fingerprint density at radius 1 is 0.403 bits per heavy atom. The second-order valence-electron chi connectivity index (χ2n) is 21.0. The Hall–Kier alpha value is -1.40. The molecule has 6 nitrogen and oxygen atoms in total. The van der Waals surface area contributed by atoms with Crippen molar-refractivity contribution < 1.29 is 24.5 Å². The first kappa shape index (κ1) is 65.6. The van der Waals surface area contributed by atoms with E-state index in [1.54, 1.807) is 0 Å². The molecule has 0 spiro atoms. The summed E-state index contributed by atoms with van der Waals surface area (Å²) in [6.45, 7) is 4.94. The maximum absolute atomic E-state index is 12.5. The number of carbonyl (C=O) groups is 2. The van der Waals surface area contributed by atoms with Crippen molar-refractivity contribution >= 4 is 11.9 Å². The highest BCUT2D eigenvalue weighted by molar-refractivity contribution is 5.76. The lowest BCUT2D eigenvalue weighted by Crippen LogP contribution is -2.45. The Morgan fingerprint density at radius 3 is 1.06 bits per heavy atom. The topological polar surface area (TPSA) is 95.9 Å². The predicted molar refractivity (Wildman–Crippen MR) is 292 cm³/mol. The molecule has 6 heteroatoms. The van der Waals surface area contributed by atoms with E-state index < -0.39 is 12.1 Å². The van der Waals surface area contributed by atoms with E-state index in [1.807, 2.05) is 0 Å². The molecule has 0 rings (SSSR count). The van der Waals surface area contributed by atoms with Crippen molar-refractivity contribution in [2.75, 3.05) is 13.2 Å². The van der Waals surface area contributed by atoms with E-state index in [2.05, 4.69) is 31.3 Å². The molecule has 0 aliphatic rings. The number of amides is 1. The number of aliphatic hydroxyl groups is 2. The number of allylic oxidation sites excluding steroid dienone is 2. The van der Waals surface area contributed by atoms with Crippen molar-refractivity contribution in [1.29, 1.82) is 0 Å². The molecule has 0 heterocycles. The summed E-state index contributed by atoms with van der Waals surface area (Å²) in [4.78, 5) is 24.5. The minimum Gasteiger partial charge on any atom is -0.466 e. The lowest BCUT2D eigenvalue weighted by atomic mass is 10.0. The second-order valence-corrected chi connectivity index (χ2v) is 21.0. The van der Waals surface area contributed by atoms with Crippen molar-refractivity contribution in [3.8, 4) is 0 Å². The summed E-state index contributed by atoms with van der Waals surface area (Å²) in [5, 5.41) is 23.4. The lowest BCUT2D eigenvalue weighted by Gasteiger charge is -2.22. The molecular weight excluding hydrogens is 827 g/mol. The van der Waals surface area contributed by atoms with Gasteiger partial charge in [0.15, 0.2) is 0 Å². The number of unbranched alkanes of at least 4 members (excludes halogenated alkanes) is 44. The highest BCUT2D eigenvalue weighted by atomic mass is 16.5. The zero-order valence-electron chi connectivity index (χ0n) is 45.4. The molecule has 0 radical (unpaired) electrons. The van der Waals surface area contributed by atoms with Crippen LogP contribution in [-0.4, -0.2) is 47.4 Å². The highest BCUT2D eigenvalue weighted by Gasteiger charge is 2.20. The fourth-order valence-electron chi connectivity index (χ4n) is 9.64. The summed E-state index contributed by atoms with van der Waals surface area (Å²) in [5.74, 6) is -0.0545. The van der Waals surface area contributed by atoms with Crippen molar-refractivity contribution in [2.45, 2.75) is 353 Å². The first-order valence-electron chi connectivity index (χ1n) is 30.4. The first-order valence-corrected chi connectivity index (χ1v) is 30.4. The van der Waals surface area contributed by atoms with Gasteiger partial charge >= 0.3 is 5.97 Å². The molecule has 0 saturated heterocycles.